The molecule has 0 unspecified atom stereocenters. The van der Waals surface area contributed by atoms with Crippen molar-refractivity contribution in [3.05, 3.63) is 87.6 Å². The quantitative estimate of drug-likeness (QED) is 0.670. The van der Waals surface area contributed by atoms with Gasteiger partial charge in [-0.1, -0.05) is 49.2 Å². The Labute approximate surface area is 172 Å². The predicted molar refractivity (Wildman–Crippen MR) is 108 cm³/mol. The number of nitriles is 1. The normalized spacial score (nSPS) is 15.6. The number of aromatic nitrogens is 2. The summed E-state index contributed by atoms with van der Waals surface area (Å²) >= 11 is 6.37. The van der Waals surface area contributed by atoms with Crippen LogP contribution in [-0.4, -0.2) is 9.78 Å². The Morgan fingerprint density at radius 3 is 2.62 bits per heavy atom. The van der Waals surface area contributed by atoms with Crippen LogP contribution in [0.3, 0.4) is 0 Å². The van der Waals surface area contributed by atoms with Crippen LogP contribution in [0.25, 0.3) is 5.69 Å². The maximum Gasteiger partial charge on any atom is 0.229 e. The van der Waals surface area contributed by atoms with Crippen molar-refractivity contribution in [2.75, 3.05) is 0 Å². The summed E-state index contributed by atoms with van der Waals surface area (Å²) in [6.07, 6.45) is 1.45. The van der Waals surface area contributed by atoms with E-state index in [4.69, 9.17) is 27.2 Å². The molecule has 29 heavy (non-hydrogen) atoms. The average molecular weight is 409 g/mol. The van der Waals surface area contributed by atoms with Gasteiger partial charge in [0.25, 0.3) is 0 Å². The van der Waals surface area contributed by atoms with Crippen molar-refractivity contribution >= 4 is 11.6 Å². The third-order valence-corrected chi connectivity index (χ3v) is 5.23. The molecule has 1 aliphatic heterocycles. The van der Waals surface area contributed by atoms with E-state index < -0.39 is 11.7 Å². The highest BCUT2D eigenvalue weighted by Crippen LogP contribution is 2.47. The van der Waals surface area contributed by atoms with Gasteiger partial charge in [0, 0.05) is 10.6 Å². The van der Waals surface area contributed by atoms with Gasteiger partial charge in [0.05, 0.1) is 22.9 Å². The Bertz CT molecular complexity index is 1130. The van der Waals surface area contributed by atoms with E-state index in [1.165, 1.54) is 12.1 Å². The van der Waals surface area contributed by atoms with Gasteiger partial charge in [0.15, 0.2) is 0 Å². The molecule has 5 nitrogen and oxygen atoms in total. The third kappa shape index (κ3) is 3.14. The summed E-state index contributed by atoms with van der Waals surface area (Å²) in [5, 5.41) is 14.7. The molecule has 0 aliphatic carbocycles. The van der Waals surface area contributed by atoms with E-state index in [0.29, 0.717) is 17.9 Å². The lowest BCUT2D eigenvalue weighted by atomic mass is 9.83. The second-order valence-corrected chi connectivity index (χ2v) is 7.13. The third-order valence-electron chi connectivity index (χ3n) is 4.90. The van der Waals surface area contributed by atoms with Crippen molar-refractivity contribution in [1.29, 1.82) is 5.26 Å². The second-order valence-electron chi connectivity index (χ2n) is 6.72. The fourth-order valence-electron chi connectivity index (χ4n) is 3.65. The van der Waals surface area contributed by atoms with Gasteiger partial charge in [-0.25, -0.2) is 9.07 Å². The number of nitrogens with two attached hydrogens (primary N) is 1. The zero-order valence-electron chi connectivity index (χ0n) is 15.7. The van der Waals surface area contributed by atoms with E-state index >= 15 is 0 Å². The van der Waals surface area contributed by atoms with Crippen molar-refractivity contribution < 1.29 is 9.13 Å². The van der Waals surface area contributed by atoms with Gasteiger partial charge >= 0.3 is 0 Å². The summed E-state index contributed by atoms with van der Waals surface area (Å²) in [6.45, 7) is 2.03. The van der Waals surface area contributed by atoms with Gasteiger partial charge in [-0.2, -0.15) is 10.4 Å². The summed E-state index contributed by atoms with van der Waals surface area (Å²) in [7, 11) is 0. The van der Waals surface area contributed by atoms with Crippen LogP contribution in [0, 0.1) is 17.1 Å². The van der Waals surface area contributed by atoms with Gasteiger partial charge in [-0.05, 0) is 30.7 Å². The number of rotatable bonds is 4. The smallest absolute Gasteiger partial charge is 0.229 e. The lowest BCUT2D eigenvalue weighted by molar-refractivity contribution is 0.366. The molecule has 0 bridgehead atoms. The molecule has 1 aliphatic rings. The molecule has 0 saturated carbocycles. The molecule has 7 heteroatoms. The second kappa shape index (κ2) is 7.61. The Hall–Kier alpha value is -3.30. The lowest BCUT2D eigenvalue weighted by Gasteiger charge is -2.26. The molecular formula is C22H18ClFN4O. The standard InChI is InChI=1S/C22H18ClFN4O/c1-2-7-17-20-18(19-15(23)10-6-11-16(19)24)14(12-25)21(26)29-22(20)28(27-17)13-8-4-3-5-9-13/h3-6,8-11,18H,2,7,26H2,1H3/t18-/m1/s1. The number of nitrogens with zero attached hydrogens (tertiary/aromatic N) is 3. The molecule has 2 aromatic carbocycles. The van der Waals surface area contributed by atoms with Crippen LogP contribution in [0.2, 0.25) is 5.02 Å². The van der Waals surface area contributed by atoms with Crippen molar-refractivity contribution in [3.63, 3.8) is 0 Å². The van der Waals surface area contributed by atoms with Crippen LogP contribution in [0.15, 0.2) is 60.0 Å². The fraction of sp³-hybridized carbons (Fsp3) is 0.182. The summed E-state index contributed by atoms with van der Waals surface area (Å²) in [5.41, 5.74) is 8.52. The molecule has 2 heterocycles. The van der Waals surface area contributed by atoms with E-state index in [-0.39, 0.29) is 22.0 Å². The molecule has 4 rings (SSSR count). The Morgan fingerprint density at radius 2 is 1.97 bits per heavy atom. The number of hydrogen-bond donors (Lipinski definition) is 1. The maximum atomic E-state index is 14.9. The van der Waals surface area contributed by atoms with Crippen molar-refractivity contribution in [2.24, 2.45) is 5.73 Å². The van der Waals surface area contributed by atoms with Crippen LogP contribution < -0.4 is 10.5 Å². The van der Waals surface area contributed by atoms with Crippen molar-refractivity contribution in [3.8, 4) is 17.6 Å². The number of benzene rings is 2. The minimum Gasteiger partial charge on any atom is -0.422 e. The number of allylic oxidation sites excluding steroid dienone is 1. The molecular weight excluding hydrogens is 391 g/mol. The number of para-hydroxylation sites is 1. The summed E-state index contributed by atoms with van der Waals surface area (Å²) < 4.78 is 22.4. The Balaban J connectivity index is 2.04. The van der Waals surface area contributed by atoms with Gasteiger partial charge in [-0.3, -0.25) is 0 Å². The van der Waals surface area contributed by atoms with Gasteiger partial charge in [0.2, 0.25) is 11.8 Å². The van der Waals surface area contributed by atoms with E-state index in [1.807, 2.05) is 37.3 Å². The van der Waals surface area contributed by atoms with E-state index in [9.17, 15) is 9.65 Å². The van der Waals surface area contributed by atoms with Crippen LogP contribution in [0.1, 0.15) is 36.1 Å². The first kappa shape index (κ1) is 19.0. The topological polar surface area (TPSA) is 76.9 Å². The minimum atomic E-state index is -0.795. The highest BCUT2D eigenvalue weighted by atomic mass is 35.5. The molecule has 0 amide bonds. The van der Waals surface area contributed by atoms with Crippen LogP contribution in [0.4, 0.5) is 4.39 Å². The Kier molecular flexibility index (Phi) is 4.99. The molecule has 2 N–H and O–H groups in total. The highest BCUT2D eigenvalue weighted by Gasteiger charge is 2.39. The fourth-order valence-corrected chi connectivity index (χ4v) is 3.92. The first-order valence-electron chi connectivity index (χ1n) is 9.25. The summed E-state index contributed by atoms with van der Waals surface area (Å²) in [6, 6.07) is 16.0. The molecule has 0 radical (unpaired) electrons. The lowest BCUT2D eigenvalue weighted by Crippen LogP contribution is -2.23. The van der Waals surface area contributed by atoms with E-state index in [0.717, 1.165) is 17.8 Å². The number of ether oxygens (including phenoxy) is 1. The largest absolute Gasteiger partial charge is 0.422 e. The first-order valence-corrected chi connectivity index (χ1v) is 9.63. The summed E-state index contributed by atoms with van der Waals surface area (Å²) in [5.74, 6) is -1.01. The number of halogens is 2. The SMILES string of the molecule is CCCc1nn(-c2ccccc2)c2c1[C@@H](c1c(F)cccc1Cl)C(C#N)=C(N)O2. The van der Waals surface area contributed by atoms with Crippen molar-refractivity contribution in [2.45, 2.75) is 25.7 Å². The monoisotopic (exact) mass is 408 g/mol. The zero-order valence-corrected chi connectivity index (χ0v) is 16.4. The van der Waals surface area contributed by atoms with Crippen LogP contribution in [0.5, 0.6) is 5.88 Å². The summed E-state index contributed by atoms with van der Waals surface area (Å²) in [4.78, 5) is 0. The molecule has 0 spiro atoms. The number of aryl methyl sites for hydroxylation is 1. The highest BCUT2D eigenvalue weighted by molar-refractivity contribution is 6.31. The van der Waals surface area contributed by atoms with Crippen LogP contribution >= 0.6 is 11.6 Å². The number of hydrogen-bond acceptors (Lipinski definition) is 4. The van der Waals surface area contributed by atoms with Crippen LogP contribution in [-0.2, 0) is 6.42 Å². The van der Waals surface area contributed by atoms with E-state index in [1.54, 1.807) is 10.7 Å². The first-order chi connectivity index (χ1) is 14.1. The molecule has 146 valence electrons. The molecule has 1 atom stereocenters. The molecule has 3 aromatic rings. The zero-order chi connectivity index (χ0) is 20.5. The Morgan fingerprint density at radius 1 is 1.21 bits per heavy atom. The molecule has 1 aromatic heterocycles. The predicted octanol–water partition coefficient (Wildman–Crippen LogP) is 4.84. The molecule has 0 saturated heterocycles. The van der Waals surface area contributed by atoms with Crippen molar-refractivity contribution in [1.82, 2.24) is 9.78 Å². The average Bonchev–Trinajstić information content (AvgIpc) is 3.06. The van der Waals surface area contributed by atoms with Gasteiger partial charge < -0.3 is 10.5 Å². The van der Waals surface area contributed by atoms with Gasteiger partial charge in [-0.15, -0.1) is 0 Å². The number of fused-ring (bicyclic) bond motifs is 1. The maximum absolute atomic E-state index is 14.9. The molecule has 0 fully saturated rings. The van der Waals surface area contributed by atoms with Gasteiger partial charge in [0.1, 0.15) is 17.5 Å². The van der Waals surface area contributed by atoms with E-state index in [2.05, 4.69) is 6.07 Å². The minimum absolute atomic E-state index is 0.0792.